The van der Waals surface area contributed by atoms with Crippen molar-refractivity contribution in [3.05, 3.63) is 11.6 Å². The number of hydrogen-bond acceptors (Lipinski definition) is 5. The zero-order valence-electron chi connectivity index (χ0n) is 11.3. The summed E-state index contributed by atoms with van der Waals surface area (Å²) in [6.07, 6.45) is 0.584. The number of phenolic OH excluding ortho intramolecular Hbond substituents is 1. The number of aromatic hydroxyl groups is 1. The van der Waals surface area contributed by atoms with E-state index in [-0.39, 0.29) is 11.5 Å². The van der Waals surface area contributed by atoms with Gasteiger partial charge in [0.2, 0.25) is 12.2 Å². The number of hydrogen-bond donors (Lipinski definition) is 2. The Morgan fingerprint density at radius 3 is 2.63 bits per heavy atom. The SMILES string of the molecule is COc1cc2c(c(O)c1OC)C(NC=O)C(C)(C)O2. The molecule has 1 aromatic rings. The maximum atomic E-state index is 10.7. The van der Waals surface area contributed by atoms with Gasteiger partial charge in [-0.3, -0.25) is 4.79 Å². The van der Waals surface area contributed by atoms with Crippen LogP contribution < -0.4 is 19.5 Å². The van der Waals surface area contributed by atoms with Gasteiger partial charge in [0.05, 0.1) is 19.8 Å². The van der Waals surface area contributed by atoms with Crippen molar-refractivity contribution < 1.29 is 24.1 Å². The van der Waals surface area contributed by atoms with Gasteiger partial charge in [-0.2, -0.15) is 0 Å². The Hall–Kier alpha value is -2.11. The summed E-state index contributed by atoms with van der Waals surface area (Å²) in [5.41, 5.74) is -0.173. The van der Waals surface area contributed by atoms with Crippen molar-refractivity contribution in [2.45, 2.75) is 25.5 Å². The summed E-state index contributed by atoms with van der Waals surface area (Å²) >= 11 is 0. The monoisotopic (exact) mass is 267 g/mol. The number of rotatable bonds is 4. The highest BCUT2D eigenvalue weighted by Crippen LogP contribution is 2.53. The van der Waals surface area contributed by atoms with Crippen LogP contribution in [0.4, 0.5) is 0 Å². The fraction of sp³-hybridized carbons (Fsp3) is 0.462. The summed E-state index contributed by atoms with van der Waals surface area (Å²) in [6.45, 7) is 3.65. The first-order chi connectivity index (χ1) is 8.96. The highest BCUT2D eigenvalue weighted by molar-refractivity contribution is 5.65. The van der Waals surface area contributed by atoms with Crippen molar-refractivity contribution in [3.63, 3.8) is 0 Å². The third kappa shape index (κ3) is 1.93. The Bertz CT molecular complexity index is 512. The number of methoxy groups -OCH3 is 2. The predicted octanol–water partition coefficient (Wildman–Crippen LogP) is 1.37. The molecule has 1 amide bonds. The van der Waals surface area contributed by atoms with Crippen molar-refractivity contribution in [2.75, 3.05) is 14.2 Å². The smallest absolute Gasteiger partial charge is 0.207 e. The zero-order chi connectivity index (χ0) is 14.2. The van der Waals surface area contributed by atoms with Crippen LogP contribution in [-0.2, 0) is 4.79 Å². The average Bonchev–Trinajstić information content (AvgIpc) is 2.61. The standard InChI is InChI=1S/C13H17NO5/c1-13(2)12(14-6-15)9-7(19-13)5-8(17-3)11(18-4)10(9)16/h5-6,12,16H,1-4H3,(H,14,15). The average molecular weight is 267 g/mol. The quantitative estimate of drug-likeness (QED) is 0.806. The van der Waals surface area contributed by atoms with Gasteiger partial charge in [0, 0.05) is 6.07 Å². The van der Waals surface area contributed by atoms with Gasteiger partial charge in [-0.25, -0.2) is 0 Å². The van der Waals surface area contributed by atoms with E-state index < -0.39 is 11.6 Å². The van der Waals surface area contributed by atoms with Crippen LogP contribution in [0.3, 0.4) is 0 Å². The van der Waals surface area contributed by atoms with Crippen LogP contribution in [0.25, 0.3) is 0 Å². The number of ether oxygens (including phenoxy) is 3. The summed E-state index contributed by atoms with van der Waals surface area (Å²) in [5.74, 6) is 0.989. The van der Waals surface area contributed by atoms with E-state index in [1.807, 2.05) is 13.8 Å². The number of amides is 1. The summed E-state index contributed by atoms with van der Waals surface area (Å²) in [4.78, 5) is 10.7. The van der Waals surface area contributed by atoms with Gasteiger partial charge in [0.25, 0.3) is 0 Å². The van der Waals surface area contributed by atoms with Gasteiger partial charge in [-0.1, -0.05) is 0 Å². The Morgan fingerprint density at radius 1 is 1.42 bits per heavy atom. The second kappa shape index (κ2) is 4.53. The minimum Gasteiger partial charge on any atom is -0.504 e. The van der Waals surface area contributed by atoms with Crippen LogP contribution in [-0.4, -0.2) is 31.3 Å². The van der Waals surface area contributed by atoms with E-state index in [2.05, 4.69) is 5.32 Å². The number of carbonyl (C=O) groups is 1. The lowest BCUT2D eigenvalue weighted by atomic mass is 9.93. The van der Waals surface area contributed by atoms with Crippen LogP contribution in [0.1, 0.15) is 25.5 Å². The van der Waals surface area contributed by atoms with E-state index in [0.29, 0.717) is 23.5 Å². The van der Waals surface area contributed by atoms with Crippen molar-refractivity contribution >= 4 is 6.41 Å². The third-order valence-corrected chi connectivity index (χ3v) is 3.24. The van der Waals surface area contributed by atoms with E-state index in [0.717, 1.165) is 0 Å². The maximum absolute atomic E-state index is 10.7. The number of fused-ring (bicyclic) bond motifs is 1. The molecule has 6 nitrogen and oxygen atoms in total. The molecule has 1 aliphatic heterocycles. The maximum Gasteiger partial charge on any atom is 0.207 e. The second-order valence-electron chi connectivity index (χ2n) is 4.80. The van der Waals surface area contributed by atoms with Gasteiger partial charge in [-0.05, 0) is 13.8 Å². The normalized spacial score (nSPS) is 19.3. The first-order valence-electron chi connectivity index (χ1n) is 5.82. The minimum absolute atomic E-state index is 0.0817. The molecule has 104 valence electrons. The van der Waals surface area contributed by atoms with Crippen LogP contribution in [0.5, 0.6) is 23.0 Å². The lowest BCUT2D eigenvalue weighted by molar-refractivity contribution is -0.111. The Labute approximate surface area is 111 Å². The van der Waals surface area contributed by atoms with Crippen LogP contribution in [0.15, 0.2) is 6.07 Å². The van der Waals surface area contributed by atoms with Gasteiger partial charge < -0.3 is 24.6 Å². The molecule has 0 fully saturated rings. The summed E-state index contributed by atoms with van der Waals surface area (Å²) in [7, 11) is 2.91. The highest BCUT2D eigenvalue weighted by Gasteiger charge is 2.44. The second-order valence-corrected chi connectivity index (χ2v) is 4.80. The molecule has 0 radical (unpaired) electrons. The van der Waals surface area contributed by atoms with Gasteiger partial charge in [0.1, 0.15) is 17.4 Å². The number of phenols is 1. The fourth-order valence-corrected chi connectivity index (χ4v) is 2.37. The first kappa shape index (κ1) is 13.3. The predicted molar refractivity (Wildman–Crippen MR) is 67.9 cm³/mol. The molecule has 1 heterocycles. The molecule has 2 N–H and O–H groups in total. The molecule has 0 aliphatic carbocycles. The molecule has 0 saturated heterocycles. The first-order valence-corrected chi connectivity index (χ1v) is 5.82. The summed E-state index contributed by atoms with van der Waals surface area (Å²) in [5, 5.41) is 13.0. The van der Waals surface area contributed by atoms with Crippen LogP contribution in [0, 0.1) is 0 Å². The molecule has 1 atom stereocenters. The van der Waals surface area contributed by atoms with Crippen molar-refractivity contribution in [3.8, 4) is 23.0 Å². The van der Waals surface area contributed by atoms with Crippen LogP contribution in [0.2, 0.25) is 0 Å². The lowest BCUT2D eigenvalue weighted by Crippen LogP contribution is -2.38. The Morgan fingerprint density at radius 2 is 2.11 bits per heavy atom. The molecule has 19 heavy (non-hydrogen) atoms. The number of carbonyl (C=O) groups excluding carboxylic acids is 1. The molecule has 0 saturated carbocycles. The molecule has 6 heteroatoms. The largest absolute Gasteiger partial charge is 0.504 e. The van der Waals surface area contributed by atoms with Gasteiger partial charge in [-0.15, -0.1) is 0 Å². The molecule has 1 aromatic carbocycles. The molecule has 0 aromatic heterocycles. The molecular weight excluding hydrogens is 250 g/mol. The van der Waals surface area contributed by atoms with Gasteiger partial charge in [0.15, 0.2) is 11.5 Å². The van der Waals surface area contributed by atoms with E-state index in [4.69, 9.17) is 14.2 Å². The molecule has 2 rings (SSSR count). The van der Waals surface area contributed by atoms with Crippen molar-refractivity contribution in [1.29, 1.82) is 0 Å². The fourth-order valence-electron chi connectivity index (χ4n) is 2.37. The van der Waals surface area contributed by atoms with E-state index in [1.54, 1.807) is 6.07 Å². The third-order valence-electron chi connectivity index (χ3n) is 3.24. The summed E-state index contributed by atoms with van der Waals surface area (Å²) < 4.78 is 16.1. The molecular formula is C13H17NO5. The van der Waals surface area contributed by atoms with E-state index in [1.165, 1.54) is 14.2 Å². The molecule has 1 aliphatic rings. The lowest BCUT2D eigenvalue weighted by Gasteiger charge is -2.25. The summed E-state index contributed by atoms with van der Waals surface area (Å²) in [6, 6.07) is 1.18. The van der Waals surface area contributed by atoms with Crippen molar-refractivity contribution in [1.82, 2.24) is 5.32 Å². The van der Waals surface area contributed by atoms with Gasteiger partial charge >= 0.3 is 0 Å². The molecule has 1 unspecified atom stereocenters. The zero-order valence-corrected chi connectivity index (χ0v) is 11.3. The molecule has 0 bridgehead atoms. The molecule has 0 spiro atoms. The van der Waals surface area contributed by atoms with Crippen molar-refractivity contribution in [2.24, 2.45) is 0 Å². The van der Waals surface area contributed by atoms with E-state index >= 15 is 0 Å². The topological polar surface area (TPSA) is 77.0 Å². The number of nitrogens with one attached hydrogen (secondary N) is 1. The Kier molecular flexibility index (Phi) is 3.18. The highest BCUT2D eigenvalue weighted by atomic mass is 16.5. The number of benzene rings is 1. The van der Waals surface area contributed by atoms with Crippen LogP contribution >= 0.6 is 0 Å². The van der Waals surface area contributed by atoms with E-state index in [9.17, 15) is 9.90 Å². The minimum atomic E-state index is -0.669. The Balaban J connectivity index is 2.63.